The highest BCUT2D eigenvalue weighted by Gasteiger charge is 2.77. The molecule has 3 saturated carbocycles. The lowest BCUT2D eigenvalue weighted by atomic mass is 9.53. The minimum Gasteiger partial charge on any atom is -0.377 e. The Kier molecular flexibility index (Phi) is 2.75. The van der Waals surface area contributed by atoms with Crippen LogP contribution in [0, 0.1) is 29.1 Å². The number of fused-ring (bicyclic) bond motifs is 3. The number of rotatable bonds is 0. The molecule has 0 radical (unpaired) electrons. The Hall–Kier alpha value is -1.11. The zero-order valence-corrected chi connectivity index (χ0v) is 14.7. The van der Waals surface area contributed by atoms with E-state index in [9.17, 15) is 9.90 Å². The van der Waals surface area contributed by atoms with Crippen molar-refractivity contribution >= 4 is 5.78 Å². The van der Waals surface area contributed by atoms with Crippen LogP contribution < -0.4 is 0 Å². The van der Waals surface area contributed by atoms with Gasteiger partial charge in [-0.3, -0.25) is 4.79 Å². The molecule has 4 fully saturated rings. The SMILES string of the molecule is CC#C[C@]1(O)CC[C@H]2[C@@H]3CC[C@@]45CC(=O)CC[C@@]4(O5)C3=CC[C@@]21C. The first-order valence-electron chi connectivity index (χ1n) is 9.48. The van der Waals surface area contributed by atoms with Gasteiger partial charge in [0.2, 0.25) is 0 Å². The average molecular weight is 326 g/mol. The third kappa shape index (κ3) is 1.51. The summed E-state index contributed by atoms with van der Waals surface area (Å²) < 4.78 is 6.36. The third-order valence-corrected chi connectivity index (χ3v) is 8.17. The van der Waals surface area contributed by atoms with Crippen LogP contribution in [-0.2, 0) is 9.53 Å². The van der Waals surface area contributed by atoms with E-state index in [1.807, 2.05) is 6.92 Å². The number of ketones is 1. The summed E-state index contributed by atoms with van der Waals surface area (Å²) in [5.41, 5.74) is 0.157. The van der Waals surface area contributed by atoms with Crippen molar-refractivity contribution in [3.63, 3.8) is 0 Å². The first-order valence-corrected chi connectivity index (χ1v) is 9.48. The standard InChI is InChI=1S/C21H26O3/c1-3-8-19(23)10-7-16-15-5-11-20-13-14(22)4-12-21(20,24-20)17(15)6-9-18(16,19)2/h6,15-16,23H,4-5,7,9-13H2,1-2H3/t15-,16-,18-,19-,20+,21+/m0/s1. The van der Waals surface area contributed by atoms with E-state index in [2.05, 4.69) is 24.8 Å². The molecule has 3 heteroatoms. The van der Waals surface area contributed by atoms with Crippen LogP contribution >= 0.6 is 0 Å². The van der Waals surface area contributed by atoms with Crippen molar-refractivity contribution < 1.29 is 14.6 Å². The summed E-state index contributed by atoms with van der Waals surface area (Å²) in [6.07, 6.45) is 9.33. The molecule has 0 aromatic rings. The van der Waals surface area contributed by atoms with E-state index in [-0.39, 0.29) is 16.6 Å². The number of carbonyl (C=O) groups is 1. The number of allylic oxidation sites excluding steroid dienone is 1. The van der Waals surface area contributed by atoms with Crippen molar-refractivity contribution in [2.24, 2.45) is 17.3 Å². The second-order valence-electron chi connectivity index (χ2n) is 8.95. The smallest absolute Gasteiger partial charge is 0.136 e. The quantitative estimate of drug-likeness (QED) is 0.423. The fraction of sp³-hybridized carbons (Fsp3) is 0.762. The molecule has 5 aliphatic rings. The molecule has 1 heterocycles. The first-order chi connectivity index (χ1) is 11.4. The molecule has 0 bridgehead atoms. The second-order valence-corrected chi connectivity index (χ2v) is 8.95. The number of epoxide rings is 1. The summed E-state index contributed by atoms with van der Waals surface area (Å²) in [4.78, 5) is 11.9. The molecule has 4 aliphatic carbocycles. The van der Waals surface area contributed by atoms with Crippen LogP contribution in [0.15, 0.2) is 11.6 Å². The van der Waals surface area contributed by atoms with Crippen LogP contribution in [0.25, 0.3) is 0 Å². The van der Waals surface area contributed by atoms with E-state index in [1.54, 1.807) is 0 Å². The van der Waals surface area contributed by atoms with Crippen molar-refractivity contribution in [3.8, 4) is 11.8 Å². The molecule has 1 N–H and O–H groups in total. The average Bonchev–Trinajstić information content (AvgIpc) is 3.15. The second kappa shape index (κ2) is 4.34. The van der Waals surface area contributed by atoms with Gasteiger partial charge in [-0.25, -0.2) is 0 Å². The van der Waals surface area contributed by atoms with Gasteiger partial charge in [-0.05, 0) is 62.9 Å². The van der Waals surface area contributed by atoms with E-state index >= 15 is 0 Å². The van der Waals surface area contributed by atoms with E-state index in [0.717, 1.165) is 38.5 Å². The van der Waals surface area contributed by atoms with Gasteiger partial charge >= 0.3 is 0 Å². The molecule has 1 aliphatic heterocycles. The highest BCUT2D eigenvalue weighted by Crippen LogP contribution is 2.72. The summed E-state index contributed by atoms with van der Waals surface area (Å²) >= 11 is 0. The maximum absolute atomic E-state index is 11.9. The number of hydrogen-bond donors (Lipinski definition) is 1. The number of Topliss-reactive ketones (excluding diaryl/α,β-unsaturated/α-hetero) is 1. The van der Waals surface area contributed by atoms with Gasteiger partial charge in [-0.1, -0.05) is 18.9 Å². The predicted molar refractivity (Wildman–Crippen MR) is 90.1 cm³/mol. The van der Waals surface area contributed by atoms with Gasteiger partial charge in [-0.15, -0.1) is 5.92 Å². The van der Waals surface area contributed by atoms with Crippen molar-refractivity contribution in [2.75, 3.05) is 0 Å². The molecule has 24 heavy (non-hydrogen) atoms. The van der Waals surface area contributed by atoms with Crippen LogP contribution in [0.2, 0.25) is 0 Å². The normalized spacial score (nSPS) is 54.5. The lowest BCUT2D eigenvalue weighted by molar-refractivity contribution is -0.121. The van der Waals surface area contributed by atoms with E-state index < -0.39 is 5.60 Å². The van der Waals surface area contributed by atoms with Gasteiger partial charge in [0.25, 0.3) is 0 Å². The van der Waals surface area contributed by atoms with Gasteiger partial charge in [0.15, 0.2) is 0 Å². The fourth-order valence-corrected chi connectivity index (χ4v) is 6.85. The topological polar surface area (TPSA) is 49.8 Å². The molecule has 0 unspecified atom stereocenters. The monoisotopic (exact) mass is 326 g/mol. The lowest BCUT2D eigenvalue weighted by Crippen LogP contribution is -2.51. The van der Waals surface area contributed by atoms with Gasteiger partial charge in [0.1, 0.15) is 22.6 Å². The molecule has 3 nitrogen and oxygen atoms in total. The van der Waals surface area contributed by atoms with Crippen LogP contribution in [0.1, 0.15) is 65.2 Å². The van der Waals surface area contributed by atoms with Crippen LogP contribution in [0.4, 0.5) is 0 Å². The minimum atomic E-state index is -0.854. The summed E-state index contributed by atoms with van der Waals surface area (Å²) in [6, 6.07) is 0. The summed E-state index contributed by atoms with van der Waals surface area (Å²) in [5.74, 6) is 7.46. The molecule has 1 saturated heterocycles. The molecule has 0 aromatic heterocycles. The number of carbonyl (C=O) groups excluding carboxylic acids is 1. The van der Waals surface area contributed by atoms with Crippen LogP contribution in [-0.4, -0.2) is 27.7 Å². The van der Waals surface area contributed by atoms with Crippen LogP contribution in [0.3, 0.4) is 0 Å². The largest absolute Gasteiger partial charge is 0.377 e. The lowest BCUT2D eigenvalue weighted by Gasteiger charge is -2.50. The first kappa shape index (κ1) is 15.2. The van der Waals surface area contributed by atoms with Gasteiger partial charge in [0.05, 0.1) is 0 Å². The van der Waals surface area contributed by atoms with Crippen molar-refractivity contribution in [2.45, 2.75) is 82.0 Å². The number of ether oxygens (including phenoxy) is 1. The Morgan fingerprint density at radius 1 is 1.29 bits per heavy atom. The molecule has 0 spiro atoms. The fourth-order valence-electron chi connectivity index (χ4n) is 6.85. The summed E-state index contributed by atoms with van der Waals surface area (Å²) in [5, 5.41) is 11.2. The molecular formula is C21H26O3. The molecule has 128 valence electrons. The number of aliphatic hydroxyl groups is 1. The van der Waals surface area contributed by atoms with Gasteiger partial charge < -0.3 is 9.84 Å². The zero-order valence-electron chi connectivity index (χ0n) is 14.7. The molecule has 6 atom stereocenters. The van der Waals surface area contributed by atoms with Gasteiger partial charge in [-0.2, -0.15) is 0 Å². The molecule has 5 rings (SSSR count). The Bertz CT molecular complexity index is 727. The summed E-state index contributed by atoms with van der Waals surface area (Å²) in [7, 11) is 0. The molecule has 0 amide bonds. The minimum absolute atomic E-state index is 0.137. The Morgan fingerprint density at radius 2 is 2.12 bits per heavy atom. The van der Waals surface area contributed by atoms with Gasteiger partial charge in [0, 0.05) is 18.3 Å². The van der Waals surface area contributed by atoms with Crippen molar-refractivity contribution in [3.05, 3.63) is 11.6 Å². The van der Waals surface area contributed by atoms with Crippen molar-refractivity contribution in [1.82, 2.24) is 0 Å². The van der Waals surface area contributed by atoms with E-state index in [0.29, 0.717) is 30.5 Å². The molecule has 0 aromatic carbocycles. The highest BCUT2D eigenvalue weighted by molar-refractivity contribution is 5.83. The highest BCUT2D eigenvalue weighted by atomic mass is 16.6. The Labute approximate surface area is 143 Å². The van der Waals surface area contributed by atoms with Crippen LogP contribution in [0.5, 0.6) is 0 Å². The third-order valence-electron chi connectivity index (χ3n) is 8.17. The number of hydrogen-bond acceptors (Lipinski definition) is 3. The predicted octanol–water partition coefficient (Wildman–Crippen LogP) is 3.16. The van der Waals surface area contributed by atoms with E-state index in [1.165, 1.54) is 5.57 Å². The van der Waals surface area contributed by atoms with Crippen molar-refractivity contribution in [1.29, 1.82) is 0 Å². The Morgan fingerprint density at radius 3 is 2.92 bits per heavy atom. The maximum Gasteiger partial charge on any atom is 0.136 e. The maximum atomic E-state index is 11.9. The van der Waals surface area contributed by atoms with E-state index in [4.69, 9.17) is 4.74 Å². The summed E-state index contributed by atoms with van der Waals surface area (Å²) in [6.45, 7) is 4.06. The Balaban J connectivity index is 1.55. The zero-order chi connectivity index (χ0) is 16.8. The molecular weight excluding hydrogens is 300 g/mol.